The molecular formula is C13H16N4O. The van der Waals surface area contributed by atoms with Crippen LogP contribution in [0.5, 0.6) is 0 Å². The van der Waals surface area contributed by atoms with E-state index in [9.17, 15) is 4.79 Å². The standard InChI is InChI=1S/C13H16N4O/c14-10-2-1-8(5-10)13(18)16-11-3-4-12-9(6-11)7-15-17-12/h3-4,6-8,10H,1-2,5,14H2,(H,15,17)(H,16,18)/t8-,10-/m0/s1. The maximum absolute atomic E-state index is 12.0. The van der Waals surface area contributed by atoms with Crippen LogP contribution in [0.2, 0.25) is 0 Å². The van der Waals surface area contributed by atoms with Gasteiger partial charge in [0.2, 0.25) is 5.91 Å². The average Bonchev–Trinajstić information content (AvgIpc) is 2.96. The lowest BCUT2D eigenvalue weighted by molar-refractivity contribution is -0.119. The summed E-state index contributed by atoms with van der Waals surface area (Å²) >= 11 is 0. The average molecular weight is 244 g/mol. The molecule has 5 heteroatoms. The molecule has 0 aliphatic heterocycles. The zero-order valence-corrected chi connectivity index (χ0v) is 10.0. The highest BCUT2D eigenvalue weighted by atomic mass is 16.1. The van der Waals surface area contributed by atoms with Crippen LogP contribution < -0.4 is 11.1 Å². The van der Waals surface area contributed by atoms with Crippen LogP contribution in [0.3, 0.4) is 0 Å². The van der Waals surface area contributed by atoms with Gasteiger partial charge in [0.1, 0.15) is 0 Å². The summed E-state index contributed by atoms with van der Waals surface area (Å²) in [5, 5.41) is 10.8. The summed E-state index contributed by atoms with van der Waals surface area (Å²) in [6, 6.07) is 5.90. The highest BCUT2D eigenvalue weighted by Gasteiger charge is 2.27. The molecule has 0 radical (unpaired) electrons. The van der Waals surface area contributed by atoms with Crippen molar-refractivity contribution in [3.63, 3.8) is 0 Å². The number of carbonyl (C=O) groups excluding carboxylic acids is 1. The van der Waals surface area contributed by atoms with Crippen molar-refractivity contribution >= 4 is 22.5 Å². The van der Waals surface area contributed by atoms with Crippen molar-refractivity contribution in [2.24, 2.45) is 11.7 Å². The SMILES string of the molecule is N[C@H]1CC[C@H](C(=O)Nc2ccc3[nH]ncc3c2)C1. The lowest BCUT2D eigenvalue weighted by Gasteiger charge is -2.10. The highest BCUT2D eigenvalue weighted by Crippen LogP contribution is 2.26. The van der Waals surface area contributed by atoms with Crippen molar-refractivity contribution in [1.29, 1.82) is 0 Å². The number of nitrogens with zero attached hydrogens (tertiary/aromatic N) is 1. The molecule has 5 nitrogen and oxygen atoms in total. The molecule has 4 N–H and O–H groups in total. The van der Waals surface area contributed by atoms with E-state index in [2.05, 4.69) is 15.5 Å². The zero-order chi connectivity index (χ0) is 12.5. The van der Waals surface area contributed by atoms with Gasteiger partial charge in [-0.05, 0) is 37.5 Å². The fourth-order valence-corrected chi connectivity index (χ4v) is 2.52. The summed E-state index contributed by atoms with van der Waals surface area (Å²) in [6.07, 6.45) is 4.37. The van der Waals surface area contributed by atoms with Crippen molar-refractivity contribution in [2.45, 2.75) is 25.3 Å². The minimum atomic E-state index is 0.0556. The normalized spacial score (nSPS) is 23.4. The molecule has 1 amide bonds. The summed E-state index contributed by atoms with van der Waals surface area (Å²) in [5.74, 6) is 0.130. The smallest absolute Gasteiger partial charge is 0.227 e. The summed E-state index contributed by atoms with van der Waals surface area (Å²) in [4.78, 5) is 12.0. The fourth-order valence-electron chi connectivity index (χ4n) is 2.52. The number of fused-ring (bicyclic) bond motifs is 1. The van der Waals surface area contributed by atoms with E-state index >= 15 is 0 Å². The molecule has 18 heavy (non-hydrogen) atoms. The van der Waals surface area contributed by atoms with E-state index in [0.29, 0.717) is 0 Å². The van der Waals surface area contributed by atoms with Crippen molar-refractivity contribution < 1.29 is 4.79 Å². The van der Waals surface area contributed by atoms with Gasteiger partial charge < -0.3 is 11.1 Å². The molecule has 1 aromatic carbocycles. The van der Waals surface area contributed by atoms with E-state index in [4.69, 9.17) is 5.73 Å². The first-order chi connectivity index (χ1) is 8.72. The van der Waals surface area contributed by atoms with Gasteiger partial charge in [-0.3, -0.25) is 9.89 Å². The van der Waals surface area contributed by atoms with E-state index in [0.717, 1.165) is 35.9 Å². The number of anilines is 1. The summed E-state index contributed by atoms with van der Waals surface area (Å²) < 4.78 is 0. The maximum atomic E-state index is 12.0. The zero-order valence-electron chi connectivity index (χ0n) is 10.0. The van der Waals surface area contributed by atoms with Gasteiger partial charge in [0.25, 0.3) is 0 Å². The topological polar surface area (TPSA) is 83.8 Å². The summed E-state index contributed by atoms with van der Waals surface area (Å²) in [5.41, 5.74) is 7.61. The molecule has 1 aromatic heterocycles. The van der Waals surface area contributed by atoms with Crippen LogP contribution in [0.1, 0.15) is 19.3 Å². The van der Waals surface area contributed by atoms with Gasteiger partial charge >= 0.3 is 0 Å². The number of rotatable bonds is 2. The minimum Gasteiger partial charge on any atom is -0.328 e. The molecule has 1 aliphatic carbocycles. The van der Waals surface area contributed by atoms with Crippen molar-refractivity contribution in [2.75, 3.05) is 5.32 Å². The van der Waals surface area contributed by atoms with E-state index in [1.807, 2.05) is 18.2 Å². The van der Waals surface area contributed by atoms with Gasteiger partial charge in [-0.25, -0.2) is 0 Å². The Balaban J connectivity index is 1.73. The third kappa shape index (κ3) is 2.09. The first-order valence-corrected chi connectivity index (χ1v) is 6.22. The van der Waals surface area contributed by atoms with Crippen LogP contribution >= 0.6 is 0 Å². The molecule has 94 valence electrons. The predicted molar refractivity (Wildman–Crippen MR) is 70.0 cm³/mol. The van der Waals surface area contributed by atoms with Gasteiger partial charge in [0.15, 0.2) is 0 Å². The van der Waals surface area contributed by atoms with Crippen molar-refractivity contribution in [3.05, 3.63) is 24.4 Å². The van der Waals surface area contributed by atoms with E-state index < -0.39 is 0 Å². The molecule has 1 heterocycles. The molecule has 3 rings (SSSR count). The van der Waals surface area contributed by atoms with Crippen molar-refractivity contribution in [1.82, 2.24) is 10.2 Å². The van der Waals surface area contributed by atoms with Crippen LogP contribution in [0.4, 0.5) is 5.69 Å². The Morgan fingerprint density at radius 3 is 3.11 bits per heavy atom. The number of hydrogen-bond acceptors (Lipinski definition) is 3. The number of carbonyl (C=O) groups is 1. The van der Waals surface area contributed by atoms with Gasteiger partial charge in [-0.15, -0.1) is 0 Å². The number of hydrogen-bond donors (Lipinski definition) is 3. The van der Waals surface area contributed by atoms with Gasteiger partial charge in [0.05, 0.1) is 11.7 Å². The highest BCUT2D eigenvalue weighted by molar-refractivity contribution is 5.95. The van der Waals surface area contributed by atoms with Crippen LogP contribution in [0, 0.1) is 5.92 Å². The van der Waals surface area contributed by atoms with E-state index in [1.54, 1.807) is 6.20 Å². The Morgan fingerprint density at radius 2 is 2.33 bits per heavy atom. The van der Waals surface area contributed by atoms with Gasteiger partial charge in [-0.1, -0.05) is 0 Å². The third-order valence-electron chi connectivity index (χ3n) is 3.55. The number of nitrogens with one attached hydrogen (secondary N) is 2. The van der Waals surface area contributed by atoms with Gasteiger partial charge in [0, 0.05) is 23.0 Å². The lowest BCUT2D eigenvalue weighted by atomic mass is 10.1. The monoisotopic (exact) mass is 244 g/mol. The first-order valence-electron chi connectivity index (χ1n) is 6.22. The molecule has 0 unspecified atom stereocenters. The molecule has 1 aliphatic rings. The molecule has 0 spiro atoms. The number of aromatic nitrogens is 2. The second-order valence-corrected chi connectivity index (χ2v) is 4.93. The number of benzene rings is 1. The summed E-state index contributed by atoms with van der Waals surface area (Å²) in [7, 11) is 0. The predicted octanol–water partition coefficient (Wildman–Crippen LogP) is 1.63. The third-order valence-corrected chi connectivity index (χ3v) is 3.55. The Labute approximate surface area is 105 Å². The Morgan fingerprint density at radius 1 is 1.44 bits per heavy atom. The van der Waals surface area contributed by atoms with E-state index in [1.165, 1.54) is 0 Å². The molecule has 2 atom stereocenters. The van der Waals surface area contributed by atoms with Crippen LogP contribution in [0.15, 0.2) is 24.4 Å². The van der Waals surface area contributed by atoms with Gasteiger partial charge in [-0.2, -0.15) is 5.10 Å². The molecular weight excluding hydrogens is 228 g/mol. The Bertz CT molecular complexity index is 577. The fraction of sp³-hybridized carbons (Fsp3) is 0.385. The molecule has 2 aromatic rings. The second-order valence-electron chi connectivity index (χ2n) is 4.93. The molecule has 0 saturated heterocycles. The number of H-pyrrole nitrogens is 1. The first kappa shape index (κ1) is 11.2. The minimum absolute atomic E-state index is 0.0556. The number of amides is 1. The van der Waals surface area contributed by atoms with Crippen molar-refractivity contribution in [3.8, 4) is 0 Å². The van der Waals surface area contributed by atoms with Crippen LogP contribution in [0.25, 0.3) is 10.9 Å². The molecule has 1 saturated carbocycles. The summed E-state index contributed by atoms with van der Waals surface area (Å²) in [6.45, 7) is 0. The Hall–Kier alpha value is -1.88. The number of aromatic amines is 1. The number of nitrogens with two attached hydrogens (primary N) is 1. The Kier molecular flexibility index (Phi) is 2.76. The quantitative estimate of drug-likeness (QED) is 0.750. The largest absolute Gasteiger partial charge is 0.328 e. The molecule has 0 bridgehead atoms. The van der Waals surface area contributed by atoms with Crippen LogP contribution in [-0.2, 0) is 4.79 Å². The maximum Gasteiger partial charge on any atom is 0.227 e. The van der Waals surface area contributed by atoms with Crippen LogP contribution in [-0.4, -0.2) is 22.1 Å². The molecule has 1 fully saturated rings. The second kappa shape index (κ2) is 4.42. The lowest BCUT2D eigenvalue weighted by Crippen LogP contribution is -2.23. The van der Waals surface area contributed by atoms with E-state index in [-0.39, 0.29) is 17.9 Å².